The molecule has 186 valence electrons. The van der Waals surface area contributed by atoms with Crippen LogP contribution in [-0.2, 0) is 35.3 Å². The summed E-state index contributed by atoms with van der Waals surface area (Å²) in [5.41, 5.74) is 16.8. The Labute approximate surface area is 224 Å². The van der Waals surface area contributed by atoms with Crippen LogP contribution >= 0.6 is 17.2 Å². The molecule has 3 aromatic carbocycles. The molecule has 2 aliphatic rings. The molecule has 0 fully saturated rings. The summed E-state index contributed by atoms with van der Waals surface area (Å²) in [4.78, 5) is 32.9. The van der Waals surface area contributed by atoms with Gasteiger partial charge in [-0.2, -0.15) is 0 Å². The van der Waals surface area contributed by atoms with Crippen LogP contribution < -0.4 is 11.0 Å². The smallest absolute Gasteiger partial charge is 0.146 e. The van der Waals surface area contributed by atoms with E-state index in [0.29, 0.717) is 0 Å². The molecule has 0 saturated carbocycles. The Balaban J connectivity index is 1.18. The molecule has 0 radical (unpaired) electrons. The number of fused-ring (bicyclic) bond motifs is 6. The first-order valence-corrected chi connectivity index (χ1v) is 14.9. The number of nitrogens with one attached hydrogen (secondary N) is 2. The molecular weight excluding hydrogens is 508 g/mol. The highest BCUT2D eigenvalue weighted by atomic mass is 31.1. The normalized spacial score (nSPS) is 13.9. The Morgan fingerprint density at radius 1 is 0.632 bits per heavy atom. The van der Waals surface area contributed by atoms with Crippen molar-refractivity contribution in [1.82, 2.24) is 15.0 Å². The third kappa shape index (κ3) is 4.07. The number of hydrogen-bond acceptors (Lipinski definition) is 3. The van der Waals surface area contributed by atoms with Crippen LogP contribution in [0.3, 0.4) is 0 Å². The Morgan fingerprint density at radius 2 is 1.21 bits per heavy atom. The maximum atomic E-state index is 11.0. The Hall–Kier alpha value is -3.65. The minimum atomic E-state index is 0.0558. The number of benzene rings is 3. The fourth-order valence-electron chi connectivity index (χ4n) is 5.91. The zero-order valence-corrected chi connectivity index (χ0v) is 22.6. The second-order valence-electron chi connectivity index (χ2n) is 9.87. The lowest BCUT2D eigenvalue weighted by Crippen LogP contribution is -2.05. The SMILES string of the molecule is O=CPc1cc2c([nH]1)-c1ccc(-c3ccc4c(c3)CCc3cc(-c5cnc(PC=O)[nH]5)ccc3-4)cc1CC2. The van der Waals surface area contributed by atoms with Crippen molar-refractivity contribution < 1.29 is 9.59 Å². The van der Waals surface area contributed by atoms with Gasteiger partial charge in [-0.05, 0) is 96.5 Å². The number of aromatic nitrogens is 3. The number of carbonyl (C=O) groups excluding carboxylic acids is 2. The van der Waals surface area contributed by atoms with Crippen molar-refractivity contribution in [1.29, 1.82) is 0 Å². The average Bonchev–Trinajstić information content (AvgIpc) is 3.59. The van der Waals surface area contributed by atoms with E-state index in [4.69, 9.17) is 0 Å². The number of carbonyl (C=O) groups is 2. The van der Waals surface area contributed by atoms with Crippen LogP contribution in [0.4, 0.5) is 0 Å². The molecule has 2 aliphatic carbocycles. The van der Waals surface area contributed by atoms with Crippen LogP contribution in [0.2, 0.25) is 0 Å². The first-order valence-electron chi connectivity index (χ1n) is 12.8. The average molecular weight is 534 g/mol. The number of nitrogens with zero attached hydrogens (tertiary/aromatic N) is 1. The monoisotopic (exact) mass is 533 g/mol. The van der Waals surface area contributed by atoms with Crippen molar-refractivity contribution in [2.45, 2.75) is 25.7 Å². The van der Waals surface area contributed by atoms with Gasteiger partial charge >= 0.3 is 0 Å². The summed E-state index contributed by atoms with van der Waals surface area (Å²) < 4.78 is 0. The van der Waals surface area contributed by atoms with Gasteiger partial charge in [0.1, 0.15) is 17.6 Å². The summed E-state index contributed by atoms with van der Waals surface area (Å²) in [7, 11) is 0.237. The number of imidazole rings is 1. The van der Waals surface area contributed by atoms with Gasteiger partial charge in [0.05, 0.1) is 11.9 Å². The van der Waals surface area contributed by atoms with Crippen LogP contribution in [0.15, 0.2) is 66.9 Å². The van der Waals surface area contributed by atoms with Crippen molar-refractivity contribution >= 4 is 40.2 Å². The van der Waals surface area contributed by atoms with Gasteiger partial charge in [0.15, 0.2) is 0 Å². The minimum absolute atomic E-state index is 0.0558. The molecule has 38 heavy (non-hydrogen) atoms. The molecule has 2 aromatic heterocycles. The minimum Gasteiger partial charge on any atom is -0.354 e. The van der Waals surface area contributed by atoms with Gasteiger partial charge in [-0.1, -0.05) is 48.5 Å². The molecule has 0 saturated heterocycles. The topological polar surface area (TPSA) is 78.6 Å². The van der Waals surface area contributed by atoms with E-state index >= 15 is 0 Å². The molecule has 5 aromatic rings. The van der Waals surface area contributed by atoms with Gasteiger partial charge in [-0.3, -0.25) is 9.59 Å². The second kappa shape index (κ2) is 9.58. The molecule has 2 N–H and O–H groups in total. The zero-order chi connectivity index (χ0) is 25.6. The number of aromatic amines is 2. The lowest BCUT2D eigenvalue weighted by Gasteiger charge is -2.22. The molecule has 2 heterocycles. The maximum absolute atomic E-state index is 11.0. The lowest BCUT2D eigenvalue weighted by atomic mass is 9.82. The van der Waals surface area contributed by atoms with E-state index in [1.165, 1.54) is 55.8 Å². The van der Waals surface area contributed by atoms with Crippen LogP contribution in [0, 0.1) is 0 Å². The standard InChI is InChI=1S/C31H25N3O2P2/c35-16-37-29-14-24-4-3-22-12-19(6-10-27(22)30(24)34-29)18-5-8-25-20(11-18)1-2-21-13-23(7-9-26(21)25)28-15-32-31(33-28)38-17-36/h5-17,34,37-38H,1-4H2,(H,32,33). The summed E-state index contributed by atoms with van der Waals surface area (Å²) >= 11 is 0. The highest BCUT2D eigenvalue weighted by Crippen LogP contribution is 2.39. The van der Waals surface area contributed by atoms with Crippen LogP contribution in [-0.4, -0.2) is 27.0 Å². The molecule has 0 spiro atoms. The van der Waals surface area contributed by atoms with E-state index < -0.39 is 0 Å². The molecule has 0 amide bonds. The molecule has 0 aliphatic heterocycles. The fourth-order valence-corrected chi connectivity index (χ4v) is 6.95. The fraction of sp³-hybridized carbons (Fsp3) is 0.129. The number of hydrogen-bond donors (Lipinski definition) is 2. The highest BCUT2D eigenvalue weighted by Gasteiger charge is 2.21. The number of rotatable bonds is 6. The first kappa shape index (κ1) is 23.5. The maximum Gasteiger partial charge on any atom is 0.146 e. The van der Waals surface area contributed by atoms with E-state index in [1.807, 2.05) is 6.20 Å². The van der Waals surface area contributed by atoms with Gasteiger partial charge in [0.2, 0.25) is 0 Å². The van der Waals surface area contributed by atoms with Crippen molar-refractivity contribution in [2.75, 3.05) is 0 Å². The first-order chi connectivity index (χ1) is 18.7. The molecule has 2 atom stereocenters. The Kier molecular flexibility index (Phi) is 5.92. The molecule has 7 rings (SSSR count). The quantitative estimate of drug-likeness (QED) is 0.221. The van der Waals surface area contributed by atoms with Crippen molar-refractivity contribution in [3.05, 3.63) is 89.1 Å². The van der Waals surface area contributed by atoms with Gasteiger partial charge in [-0.25, -0.2) is 4.98 Å². The molecule has 0 bridgehead atoms. The summed E-state index contributed by atoms with van der Waals surface area (Å²) in [5, 5.41) is 0. The zero-order valence-electron chi connectivity index (χ0n) is 20.6. The third-order valence-electron chi connectivity index (χ3n) is 7.73. The van der Waals surface area contributed by atoms with Crippen LogP contribution in [0.1, 0.15) is 22.3 Å². The molecule has 5 nitrogen and oxygen atoms in total. The van der Waals surface area contributed by atoms with Crippen molar-refractivity contribution in [2.24, 2.45) is 0 Å². The Morgan fingerprint density at radius 3 is 1.89 bits per heavy atom. The van der Waals surface area contributed by atoms with E-state index in [2.05, 4.69) is 75.6 Å². The largest absolute Gasteiger partial charge is 0.354 e. The number of H-pyrrole nitrogens is 2. The van der Waals surface area contributed by atoms with E-state index in [1.54, 1.807) is 0 Å². The predicted octanol–water partition coefficient (Wildman–Crippen LogP) is 5.59. The summed E-state index contributed by atoms with van der Waals surface area (Å²) in [6.45, 7) is 0. The van der Waals surface area contributed by atoms with E-state index in [9.17, 15) is 9.59 Å². The van der Waals surface area contributed by atoms with Gasteiger partial charge in [0.25, 0.3) is 0 Å². The summed E-state index contributed by atoms with van der Waals surface area (Å²) in [6.07, 6.45) is 5.85. The van der Waals surface area contributed by atoms with E-state index in [0.717, 1.165) is 60.0 Å². The van der Waals surface area contributed by atoms with Gasteiger partial charge < -0.3 is 9.97 Å². The second-order valence-corrected chi connectivity index (χ2v) is 11.9. The lowest BCUT2D eigenvalue weighted by molar-refractivity contribution is 0.569. The van der Waals surface area contributed by atoms with Crippen molar-refractivity contribution in [3.63, 3.8) is 0 Å². The molecule has 7 heteroatoms. The predicted molar refractivity (Wildman–Crippen MR) is 159 cm³/mol. The van der Waals surface area contributed by atoms with E-state index in [-0.39, 0.29) is 17.2 Å². The van der Waals surface area contributed by atoms with Crippen molar-refractivity contribution in [3.8, 4) is 44.8 Å². The van der Waals surface area contributed by atoms with Gasteiger partial charge in [-0.15, -0.1) is 0 Å². The van der Waals surface area contributed by atoms with Crippen LogP contribution in [0.5, 0.6) is 0 Å². The van der Waals surface area contributed by atoms with Gasteiger partial charge in [0, 0.05) is 25.3 Å². The summed E-state index contributed by atoms with van der Waals surface area (Å²) in [6, 6.07) is 24.3. The Bertz CT molecular complexity index is 1730. The number of aryl methyl sites for hydroxylation is 4. The summed E-state index contributed by atoms with van der Waals surface area (Å²) in [5.74, 6) is 0. The van der Waals surface area contributed by atoms with Crippen LogP contribution in [0.25, 0.3) is 44.8 Å². The molecular formula is C31H25N3O2P2. The molecule has 2 unspecified atom stereocenters. The third-order valence-corrected chi connectivity index (χ3v) is 9.08. The highest BCUT2D eigenvalue weighted by molar-refractivity contribution is 7.62.